The van der Waals surface area contributed by atoms with Crippen LogP contribution in [0.5, 0.6) is 17.2 Å². The minimum atomic E-state index is -0.685. The van der Waals surface area contributed by atoms with E-state index < -0.39 is 11.6 Å². The lowest BCUT2D eigenvalue weighted by Gasteiger charge is -2.20. The third-order valence-corrected chi connectivity index (χ3v) is 5.92. The molecule has 0 amide bonds. The summed E-state index contributed by atoms with van der Waals surface area (Å²) in [5.74, 6) is -0.152. The van der Waals surface area contributed by atoms with Crippen molar-refractivity contribution in [3.63, 3.8) is 0 Å². The molecule has 2 aliphatic rings. The van der Waals surface area contributed by atoms with Gasteiger partial charge in [0.05, 0.1) is 17.7 Å². The summed E-state index contributed by atoms with van der Waals surface area (Å²) in [7, 11) is 0. The standard InChI is InChI=1S/C25H17BrF2O5/c1-13-21(31-11-18-19(27)3-2-4-20(18)28)6-5-17-23(29)22(33-24(13)17)9-14-7-16(26)8-15-10-30-12-32-25(14)15/h2-9H,10-12H2,1H3/b22-9-. The largest absolute Gasteiger partial charge is 0.488 e. The molecule has 0 unspecified atom stereocenters. The number of hydrogen-bond donors (Lipinski definition) is 0. The molecular weight excluding hydrogens is 498 g/mol. The number of halogens is 3. The van der Waals surface area contributed by atoms with Gasteiger partial charge in [0, 0.05) is 21.2 Å². The first-order chi connectivity index (χ1) is 15.9. The van der Waals surface area contributed by atoms with Crippen molar-refractivity contribution >= 4 is 27.8 Å². The van der Waals surface area contributed by atoms with Gasteiger partial charge in [0.2, 0.25) is 5.78 Å². The van der Waals surface area contributed by atoms with E-state index in [-0.39, 0.29) is 30.5 Å². The quantitative estimate of drug-likeness (QED) is 0.394. The minimum absolute atomic E-state index is 0.127. The molecule has 0 spiro atoms. The number of rotatable bonds is 4. The zero-order chi connectivity index (χ0) is 23.1. The van der Waals surface area contributed by atoms with E-state index in [9.17, 15) is 13.6 Å². The number of fused-ring (bicyclic) bond motifs is 2. The van der Waals surface area contributed by atoms with E-state index in [0.29, 0.717) is 40.5 Å². The average Bonchev–Trinajstić information content (AvgIpc) is 3.11. The van der Waals surface area contributed by atoms with Crippen molar-refractivity contribution in [2.24, 2.45) is 0 Å². The van der Waals surface area contributed by atoms with Gasteiger partial charge < -0.3 is 18.9 Å². The Kier molecular flexibility index (Phi) is 5.64. The molecule has 2 heterocycles. The summed E-state index contributed by atoms with van der Waals surface area (Å²) in [6.45, 7) is 1.96. The SMILES string of the molecule is Cc1c(OCc2c(F)cccc2F)ccc2c1O/C(=C\c1cc(Br)cc3c1OCOC3)C2=O. The number of carbonyl (C=O) groups is 1. The van der Waals surface area contributed by atoms with Gasteiger partial charge in [-0.05, 0) is 49.4 Å². The Labute approximate surface area is 196 Å². The maximum absolute atomic E-state index is 13.9. The summed E-state index contributed by atoms with van der Waals surface area (Å²) >= 11 is 3.47. The molecule has 0 saturated heterocycles. The number of benzene rings is 3. The van der Waals surface area contributed by atoms with Crippen LogP contribution < -0.4 is 14.2 Å². The van der Waals surface area contributed by atoms with Gasteiger partial charge in [-0.25, -0.2) is 8.78 Å². The highest BCUT2D eigenvalue weighted by Crippen LogP contribution is 2.41. The summed E-state index contributed by atoms with van der Waals surface area (Å²) in [6, 6.07) is 10.6. The van der Waals surface area contributed by atoms with Gasteiger partial charge in [0.25, 0.3) is 0 Å². The van der Waals surface area contributed by atoms with E-state index >= 15 is 0 Å². The second-order valence-electron chi connectivity index (χ2n) is 7.59. The van der Waals surface area contributed by atoms with Crippen LogP contribution in [0.3, 0.4) is 0 Å². The summed E-state index contributed by atoms with van der Waals surface area (Å²) in [5.41, 5.74) is 2.32. The molecule has 0 saturated carbocycles. The molecule has 2 aliphatic heterocycles. The molecule has 0 aromatic heterocycles. The predicted octanol–water partition coefficient (Wildman–Crippen LogP) is 6.10. The van der Waals surface area contributed by atoms with Crippen molar-refractivity contribution in [2.45, 2.75) is 20.1 Å². The topological polar surface area (TPSA) is 54.0 Å². The van der Waals surface area contributed by atoms with E-state index in [4.69, 9.17) is 18.9 Å². The number of ether oxygens (including phenoxy) is 4. The highest BCUT2D eigenvalue weighted by molar-refractivity contribution is 9.10. The molecule has 5 nitrogen and oxygen atoms in total. The fraction of sp³-hybridized carbons (Fsp3) is 0.160. The Morgan fingerprint density at radius 1 is 1.12 bits per heavy atom. The van der Waals surface area contributed by atoms with Crippen LogP contribution >= 0.6 is 15.9 Å². The molecule has 5 rings (SSSR count). The van der Waals surface area contributed by atoms with Crippen LogP contribution in [-0.4, -0.2) is 12.6 Å². The molecule has 8 heteroatoms. The number of carbonyl (C=O) groups excluding carboxylic acids is 1. The zero-order valence-corrected chi connectivity index (χ0v) is 19.0. The Hall–Kier alpha value is -3.23. The van der Waals surface area contributed by atoms with E-state index in [1.165, 1.54) is 18.2 Å². The van der Waals surface area contributed by atoms with Gasteiger partial charge in [-0.2, -0.15) is 0 Å². The van der Waals surface area contributed by atoms with Gasteiger partial charge >= 0.3 is 0 Å². The second kappa shape index (κ2) is 8.61. The van der Waals surface area contributed by atoms with Gasteiger partial charge in [-0.15, -0.1) is 0 Å². The van der Waals surface area contributed by atoms with Crippen LogP contribution in [0.25, 0.3) is 6.08 Å². The lowest BCUT2D eigenvalue weighted by molar-refractivity contribution is -0.0165. The van der Waals surface area contributed by atoms with E-state index in [0.717, 1.165) is 10.0 Å². The Morgan fingerprint density at radius 3 is 2.70 bits per heavy atom. The summed E-state index contributed by atoms with van der Waals surface area (Å²) in [6.07, 6.45) is 1.63. The molecule has 0 bridgehead atoms. The highest BCUT2D eigenvalue weighted by Gasteiger charge is 2.31. The van der Waals surface area contributed by atoms with Gasteiger partial charge in [0.15, 0.2) is 12.6 Å². The molecule has 0 radical (unpaired) electrons. The van der Waals surface area contributed by atoms with E-state index in [1.807, 2.05) is 12.1 Å². The Bertz CT molecular complexity index is 1300. The maximum atomic E-state index is 13.9. The molecule has 0 aliphatic carbocycles. The number of ketones is 1. The number of Topliss-reactive ketones (excluding diaryl/α,β-unsaturated/α-hetero) is 1. The maximum Gasteiger partial charge on any atom is 0.231 e. The van der Waals surface area contributed by atoms with E-state index in [1.54, 1.807) is 25.1 Å². The lowest BCUT2D eigenvalue weighted by atomic mass is 10.0. The summed E-state index contributed by atoms with van der Waals surface area (Å²) in [5, 5.41) is 0. The van der Waals surface area contributed by atoms with Crippen molar-refractivity contribution in [3.05, 3.63) is 92.1 Å². The van der Waals surface area contributed by atoms with Crippen molar-refractivity contribution in [2.75, 3.05) is 6.79 Å². The van der Waals surface area contributed by atoms with Crippen LogP contribution in [0.2, 0.25) is 0 Å². The van der Waals surface area contributed by atoms with E-state index in [2.05, 4.69) is 15.9 Å². The smallest absolute Gasteiger partial charge is 0.231 e. The molecule has 3 aromatic rings. The predicted molar refractivity (Wildman–Crippen MR) is 119 cm³/mol. The van der Waals surface area contributed by atoms with Crippen LogP contribution in [-0.2, 0) is 18.0 Å². The third kappa shape index (κ3) is 4.00. The number of allylic oxidation sites excluding steroid dienone is 1. The van der Waals surface area contributed by atoms with Crippen molar-refractivity contribution < 1.29 is 32.5 Å². The molecule has 33 heavy (non-hydrogen) atoms. The molecular formula is C25H17BrF2O5. The fourth-order valence-corrected chi connectivity index (χ4v) is 4.32. The second-order valence-corrected chi connectivity index (χ2v) is 8.50. The fourth-order valence-electron chi connectivity index (χ4n) is 3.80. The lowest BCUT2D eigenvalue weighted by Crippen LogP contribution is -2.12. The zero-order valence-electron chi connectivity index (χ0n) is 17.4. The summed E-state index contributed by atoms with van der Waals surface area (Å²) in [4.78, 5) is 13.0. The van der Waals surface area contributed by atoms with Gasteiger partial charge in [-0.3, -0.25) is 4.79 Å². The molecule has 168 valence electrons. The molecule has 0 fully saturated rings. The molecule has 0 atom stereocenters. The van der Waals surface area contributed by atoms with Crippen LogP contribution in [0.1, 0.15) is 32.6 Å². The molecule has 3 aromatic carbocycles. The minimum Gasteiger partial charge on any atom is -0.488 e. The third-order valence-electron chi connectivity index (χ3n) is 5.46. The molecule has 0 N–H and O–H groups in total. The van der Waals surface area contributed by atoms with Gasteiger partial charge in [0.1, 0.15) is 35.5 Å². The first kappa shape index (κ1) is 21.6. The summed E-state index contributed by atoms with van der Waals surface area (Å²) < 4.78 is 51.2. The van der Waals surface area contributed by atoms with Crippen LogP contribution in [0.4, 0.5) is 8.78 Å². The van der Waals surface area contributed by atoms with Crippen LogP contribution in [0.15, 0.2) is 52.7 Å². The number of hydrogen-bond acceptors (Lipinski definition) is 5. The van der Waals surface area contributed by atoms with Crippen LogP contribution in [0, 0.1) is 18.6 Å². The van der Waals surface area contributed by atoms with Crippen molar-refractivity contribution in [1.82, 2.24) is 0 Å². The first-order valence-corrected chi connectivity index (χ1v) is 10.9. The first-order valence-electron chi connectivity index (χ1n) is 10.1. The van der Waals surface area contributed by atoms with Gasteiger partial charge in [-0.1, -0.05) is 22.0 Å². The Morgan fingerprint density at radius 2 is 1.91 bits per heavy atom. The monoisotopic (exact) mass is 514 g/mol. The van der Waals surface area contributed by atoms with Crippen molar-refractivity contribution in [1.29, 1.82) is 0 Å². The Balaban J connectivity index is 1.44. The van der Waals surface area contributed by atoms with Crippen molar-refractivity contribution in [3.8, 4) is 17.2 Å². The normalized spacial score (nSPS) is 15.6. The highest BCUT2D eigenvalue weighted by atomic mass is 79.9. The average molecular weight is 515 g/mol.